The molecule has 4 rings (SSSR count). The van der Waals surface area contributed by atoms with E-state index in [-0.39, 0.29) is 0 Å². The van der Waals surface area contributed by atoms with Gasteiger partial charge in [0.2, 0.25) is 0 Å². The summed E-state index contributed by atoms with van der Waals surface area (Å²) >= 11 is 0. The van der Waals surface area contributed by atoms with Gasteiger partial charge in [-0.15, -0.1) is 0 Å². The van der Waals surface area contributed by atoms with Gasteiger partial charge in [0.05, 0.1) is 13.1 Å². The number of allylic oxidation sites excluding steroid dienone is 6. The molecule has 0 bridgehead atoms. The number of nitrogens with one attached hydrogen (secondary N) is 2. The van der Waals surface area contributed by atoms with E-state index in [2.05, 4.69) is 147 Å². The fraction of sp³-hybridized carbons (Fsp3) is 0.333. The van der Waals surface area contributed by atoms with Crippen LogP contribution in [-0.4, -0.2) is 64.9 Å². The molecule has 222 valence electrons. The molecule has 0 saturated carbocycles. The van der Waals surface area contributed by atoms with Crippen molar-refractivity contribution in [3.05, 3.63) is 120 Å². The second-order valence-electron chi connectivity index (χ2n) is 10.8. The van der Waals surface area contributed by atoms with Crippen molar-refractivity contribution >= 4 is 45.1 Å². The SMILES string of the molecule is CC[NH+]1CC=CC=C1/C=C/c1ccc(N(C)CCSSCCN(C)c2ccc(/C=C/C3=CC=CC[NH+]3CC)cc2)cc1. The molecule has 2 N–H and O–H groups in total. The molecule has 42 heavy (non-hydrogen) atoms. The van der Waals surface area contributed by atoms with E-state index < -0.39 is 0 Å². The van der Waals surface area contributed by atoms with E-state index in [1.807, 2.05) is 21.6 Å². The van der Waals surface area contributed by atoms with Gasteiger partial charge in [0.1, 0.15) is 24.5 Å². The van der Waals surface area contributed by atoms with E-state index in [0.29, 0.717) is 0 Å². The molecule has 0 spiro atoms. The third-order valence-electron chi connectivity index (χ3n) is 7.90. The average Bonchev–Trinajstić information content (AvgIpc) is 3.04. The topological polar surface area (TPSA) is 15.4 Å². The lowest BCUT2D eigenvalue weighted by molar-refractivity contribution is -0.850. The van der Waals surface area contributed by atoms with Crippen molar-refractivity contribution in [3.63, 3.8) is 0 Å². The number of nitrogens with zero attached hydrogens (tertiary/aromatic N) is 2. The Morgan fingerprint density at radius 2 is 1.02 bits per heavy atom. The van der Waals surface area contributed by atoms with E-state index in [4.69, 9.17) is 0 Å². The molecule has 2 heterocycles. The Morgan fingerprint density at radius 3 is 1.40 bits per heavy atom. The first kappa shape index (κ1) is 32.0. The second-order valence-corrected chi connectivity index (χ2v) is 13.5. The van der Waals surface area contributed by atoms with Crippen LogP contribution in [0.3, 0.4) is 0 Å². The molecule has 4 nitrogen and oxygen atoms in total. The summed E-state index contributed by atoms with van der Waals surface area (Å²) in [6.45, 7) is 10.9. The fourth-order valence-electron chi connectivity index (χ4n) is 5.06. The Morgan fingerprint density at radius 1 is 0.619 bits per heavy atom. The molecule has 2 aromatic carbocycles. The molecule has 2 aliphatic heterocycles. The summed E-state index contributed by atoms with van der Waals surface area (Å²) in [5.41, 5.74) is 7.76. The molecule has 0 aliphatic carbocycles. The van der Waals surface area contributed by atoms with Gasteiger partial charge in [-0.2, -0.15) is 0 Å². The van der Waals surface area contributed by atoms with E-state index in [9.17, 15) is 0 Å². The van der Waals surface area contributed by atoms with Crippen LogP contribution >= 0.6 is 21.6 Å². The summed E-state index contributed by atoms with van der Waals surface area (Å²) in [5, 5.41) is 0. The van der Waals surface area contributed by atoms with Crippen LogP contribution < -0.4 is 19.6 Å². The number of quaternary nitrogens is 2. The van der Waals surface area contributed by atoms with Crippen molar-refractivity contribution in [1.29, 1.82) is 0 Å². The summed E-state index contributed by atoms with van der Waals surface area (Å²) in [6.07, 6.45) is 22.2. The lowest BCUT2D eigenvalue weighted by Crippen LogP contribution is -3.09. The fourth-order valence-corrected chi connectivity index (χ4v) is 7.14. The maximum atomic E-state index is 2.35. The summed E-state index contributed by atoms with van der Waals surface area (Å²) < 4.78 is 0. The molecule has 0 saturated heterocycles. The third-order valence-corrected chi connectivity index (χ3v) is 10.3. The number of hydrogen-bond acceptors (Lipinski definition) is 4. The maximum Gasteiger partial charge on any atom is 0.131 e. The standard InChI is InChI=1S/C36H46N4S2/c1-5-39-25-9-7-11-35(39)23-17-31-13-19-33(20-14-31)37(3)27-29-41-42-30-28-38(4)34-21-15-32(16-22-34)18-24-36-12-8-10-26-40(36)6-2/h7-24H,5-6,25-30H2,1-4H3/p+2/b23-17+,24-18+. The first-order valence-electron chi connectivity index (χ1n) is 15.2. The molecule has 2 aliphatic rings. The van der Waals surface area contributed by atoms with Crippen LogP contribution in [-0.2, 0) is 0 Å². The number of hydrogen-bond donors (Lipinski definition) is 2. The molecule has 6 heteroatoms. The predicted molar refractivity (Wildman–Crippen MR) is 190 cm³/mol. The van der Waals surface area contributed by atoms with Crippen LogP contribution in [0, 0.1) is 0 Å². The lowest BCUT2D eigenvalue weighted by Gasteiger charge is -2.20. The van der Waals surface area contributed by atoms with Crippen molar-refractivity contribution in [2.45, 2.75) is 13.8 Å². The number of benzene rings is 2. The molecule has 2 atom stereocenters. The monoisotopic (exact) mass is 600 g/mol. The maximum absolute atomic E-state index is 2.35. The van der Waals surface area contributed by atoms with Crippen LogP contribution in [0.4, 0.5) is 11.4 Å². The second kappa shape index (κ2) is 17.3. The van der Waals surface area contributed by atoms with Crippen molar-refractivity contribution in [2.24, 2.45) is 0 Å². The predicted octanol–water partition coefficient (Wildman–Crippen LogP) is 5.38. The smallest absolute Gasteiger partial charge is 0.131 e. The first-order valence-corrected chi connectivity index (χ1v) is 17.7. The Labute approximate surface area is 262 Å². The Hall–Kier alpha value is -2.90. The van der Waals surface area contributed by atoms with Gasteiger partial charge in [-0.25, -0.2) is 0 Å². The van der Waals surface area contributed by atoms with Gasteiger partial charge in [-0.3, -0.25) is 9.80 Å². The average molecular weight is 601 g/mol. The van der Waals surface area contributed by atoms with Gasteiger partial charge in [0.15, 0.2) is 0 Å². The largest absolute Gasteiger partial charge is 0.374 e. The van der Waals surface area contributed by atoms with Crippen LogP contribution in [0.1, 0.15) is 25.0 Å². The van der Waals surface area contributed by atoms with Crippen molar-refractivity contribution in [1.82, 2.24) is 0 Å². The first-order chi connectivity index (χ1) is 20.6. The zero-order chi connectivity index (χ0) is 29.6. The van der Waals surface area contributed by atoms with Gasteiger partial charge in [0.25, 0.3) is 0 Å². The highest BCUT2D eigenvalue weighted by Crippen LogP contribution is 2.23. The van der Waals surface area contributed by atoms with Crippen LogP contribution in [0.5, 0.6) is 0 Å². The minimum absolute atomic E-state index is 1.04. The van der Waals surface area contributed by atoms with E-state index >= 15 is 0 Å². The highest BCUT2D eigenvalue weighted by molar-refractivity contribution is 8.76. The minimum Gasteiger partial charge on any atom is -0.374 e. The number of rotatable bonds is 15. The van der Waals surface area contributed by atoms with Crippen LogP contribution in [0.25, 0.3) is 12.2 Å². The number of anilines is 2. The Balaban J connectivity index is 1.12. The highest BCUT2D eigenvalue weighted by Gasteiger charge is 2.12. The quantitative estimate of drug-likeness (QED) is 0.211. The van der Waals surface area contributed by atoms with Crippen LogP contribution in [0.2, 0.25) is 0 Å². The Bertz CT molecular complexity index is 1190. The van der Waals surface area contributed by atoms with E-state index in [1.54, 1.807) is 0 Å². The normalized spacial score (nSPS) is 18.5. The summed E-state index contributed by atoms with van der Waals surface area (Å²) in [5.74, 6) is 2.21. The van der Waals surface area contributed by atoms with Gasteiger partial charge in [-0.05, 0) is 97.8 Å². The highest BCUT2D eigenvalue weighted by atomic mass is 33.1. The van der Waals surface area contributed by atoms with E-state index in [1.165, 1.54) is 43.7 Å². The van der Waals surface area contributed by atoms with Crippen molar-refractivity contribution in [2.75, 3.05) is 74.7 Å². The van der Waals surface area contributed by atoms with Crippen LogP contribution in [0.15, 0.2) is 109 Å². The molecular weight excluding hydrogens is 553 g/mol. The summed E-state index contributed by atoms with van der Waals surface area (Å²) in [4.78, 5) is 7.73. The molecule has 0 aromatic heterocycles. The van der Waals surface area contributed by atoms with Crippen molar-refractivity contribution in [3.8, 4) is 0 Å². The number of likely N-dealkylation sites (N-methyl/N-ethyl adjacent to an activating group) is 2. The molecule has 0 radical (unpaired) electrons. The Kier molecular flexibility index (Phi) is 13.2. The third kappa shape index (κ3) is 9.84. The van der Waals surface area contributed by atoms with Gasteiger partial charge in [0, 0.05) is 50.1 Å². The summed E-state index contributed by atoms with van der Waals surface area (Å²) in [6, 6.07) is 17.8. The molecule has 0 fully saturated rings. The van der Waals surface area contributed by atoms with Gasteiger partial charge >= 0.3 is 0 Å². The minimum atomic E-state index is 1.04. The molecule has 2 unspecified atom stereocenters. The molecule has 2 aromatic rings. The summed E-state index contributed by atoms with van der Waals surface area (Å²) in [7, 11) is 8.32. The zero-order valence-electron chi connectivity index (χ0n) is 25.8. The lowest BCUT2D eigenvalue weighted by atomic mass is 10.1. The van der Waals surface area contributed by atoms with Crippen molar-refractivity contribution < 1.29 is 9.80 Å². The molecular formula is C36H48N4S2+2. The van der Waals surface area contributed by atoms with Gasteiger partial charge < -0.3 is 9.80 Å². The zero-order valence-corrected chi connectivity index (χ0v) is 27.4. The van der Waals surface area contributed by atoms with E-state index in [0.717, 1.165) is 50.8 Å². The molecule has 0 amide bonds. The van der Waals surface area contributed by atoms with Gasteiger partial charge in [-0.1, -0.05) is 58.0 Å².